The van der Waals surface area contributed by atoms with Crippen LogP contribution in [-0.4, -0.2) is 33.3 Å². The number of halogens is 1. The Balaban J connectivity index is 3.32. The van der Waals surface area contributed by atoms with E-state index in [0.717, 1.165) is 12.8 Å². The summed E-state index contributed by atoms with van der Waals surface area (Å²) in [6.45, 7) is 1.16. The van der Waals surface area contributed by atoms with E-state index in [1.54, 1.807) is 7.11 Å². The molecule has 0 bridgehead atoms. The maximum atomic E-state index is 10.8. The van der Waals surface area contributed by atoms with Crippen molar-refractivity contribution >= 4 is 26.0 Å². The van der Waals surface area contributed by atoms with Crippen LogP contribution in [0.4, 0.5) is 0 Å². The summed E-state index contributed by atoms with van der Waals surface area (Å²) < 4.78 is 28.9. The normalized spacial score (nSPS) is 11.8. The van der Waals surface area contributed by atoms with Gasteiger partial charge in [-0.25, -0.2) is 13.1 Å². The quantitative estimate of drug-likeness (QED) is 0.541. The monoisotopic (exact) mass is 259 g/mol. The molecule has 12 heavy (non-hydrogen) atoms. The molecule has 0 fully saturated rings. The first-order chi connectivity index (χ1) is 5.62. The molecule has 0 saturated carbocycles. The maximum Gasteiger partial charge on any atom is 0.221 e. The van der Waals surface area contributed by atoms with Crippen LogP contribution < -0.4 is 4.72 Å². The van der Waals surface area contributed by atoms with Crippen molar-refractivity contribution < 1.29 is 13.2 Å². The molecular weight excluding hydrogens is 246 g/mol. The molecule has 0 aromatic carbocycles. The lowest BCUT2D eigenvalue weighted by Gasteiger charge is -2.02. The first-order valence-electron chi connectivity index (χ1n) is 3.64. The Morgan fingerprint density at radius 1 is 1.42 bits per heavy atom. The summed E-state index contributed by atoms with van der Waals surface area (Å²) in [4.78, 5) is 0. The molecule has 4 nitrogen and oxygen atoms in total. The fraction of sp³-hybridized carbons (Fsp3) is 1.00. The summed E-state index contributed by atoms with van der Waals surface area (Å²) in [5.74, 6) is 0. The summed E-state index contributed by atoms with van der Waals surface area (Å²) in [7, 11) is -1.45. The predicted molar refractivity (Wildman–Crippen MR) is 51.8 cm³/mol. The minimum absolute atomic E-state index is 0.0374. The van der Waals surface area contributed by atoms with Gasteiger partial charge < -0.3 is 4.74 Å². The zero-order valence-electron chi connectivity index (χ0n) is 7.05. The van der Waals surface area contributed by atoms with E-state index in [0.29, 0.717) is 13.2 Å². The summed E-state index contributed by atoms with van der Waals surface area (Å²) >= 11 is 2.88. The summed E-state index contributed by atoms with van der Waals surface area (Å²) in [5, 5.41) is 0. The Bertz CT molecular complexity index is 193. The fourth-order valence-corrected chi connectivity index (χ4v) is 1.66. The van der Waals surface area contributed by atoms with Gasteiger partial charge in [-0.3, -0.25) is 0 Å². The minimum atomic E-state index is -3.08. The topological polar surface area (TPSA) is 55.4 Å². The van der Waals surface area contributed by atoms with Gasteiger partial charge in [0.05, 0.1) is 0 Å². The highest BCUT2D eigenvalue weighted by Gasteiger charge is 2.04. The zero-order valence-corrected chi connectivity index (χ0v) is 9.45. The number of hydrogen-bond acceptors (Lipinski definition) is 3. The lowest BCUT2D eigenvalue weighted by atomic mass is 10.3. The number of alkyl halides is 1. The number of ether oxygens (including phenoxy) is 1. The van der Waals surface area contributed by atoms with Crippen molar-refractivity contribution in [3.8, 4) is 0 Å². The molecule has 0 aliphatic carbocycles. The van der Waals surface area contributed by atoms with Gasteiger partial charge in [0.2, 0.25) is 10.0 Å². The molecule has 0 rings (SSSR count). The third kappa shape index (κ3) is 7.02. The van der Waals surface area contributed by atoms with Gasteiger partial charge in [0, 0.05) is 20.3 Å². The second kappa shape index (κ2) is 6.82. The second-order valence-corrected chi connectivity index (χ2v) is 5.43. The van der Waals surface area contributed by atoms with Crippen molar-refractivity contribution in [2.45, 2.75) is 12.8 Å². The van der Waals surface area contributed by atoms with Gasteiger partial charge >= 0.3 is 0 Å². The van der Waals surface area contributed by atoms with Crippen molar-refractivity contribution in [2.24, 2.45) is 0 Å². The van der Waals surface area contributed by atoms with E-state index in [1.165, 1.54) is 0 Å². The third-order valence-electron chi connectivity index (χ3n) is 1.24. The van der Waals surface area contributed by atoms with Crippen LogP contribution in [0.1, 0.15) is 12.8 Å². The first kappa shape index (κ1) is 12.3. The van der Waals surface area contributed by atoms with Gasteiger partial charge in [0.25, 0.3) is 0 Å². The summed E-state index contributed by atoms with van der Waals surface area (Å²) in [5.41, 5.74) is 0. The average molecular weight is 260 g/mol. The van der Waals surface area contributed by atoms with Crippen LogP contribution in [-0.2, 0) is 14.8 Å². The van der Waals surface area contributed by atoms with Crippen molar-refractivity contribution in [3.63, 3.8) is 0 Å². The highest BCUT2D eigenvalue weighted by molar-refractivity contribution is 9.10. The number of nitrogens with one attached hydrogen (secondary N) is 1. The van der Waals surface area contributed by atoms with Crippen molar-refractivity contribution in [1.29, 1.82) is 0 Å². The molecule has 0 aliphatic rings. The molecule has 6 heteroatoms. The van der Waals surface area contributed by atoms with Gasteiger partial charge in [0.15, 0.2) is 0 Å². The number of sulfonamides is 1. The number of hydrogen-bond donors (Lipinski definition) is 1. The molecule has 0 aromatic heterocycles. The molecule has 0 saturated heterocycles. The lowest BCUT2D eigenvalue weighted by molar-refractivity contribution is 0.193. The van der Waals surface area contributed by atoms with Crippen LogP contribution in [0.2, 0.25) is 0 Å². The molecule has 0 spiro atoms. The summed E-state index contributed by atoms with van der Waals surface area (Å²) in [6, 6.07) is 0. The smallest absolute Gasteiger partial charge is 0.221 e. The summed E-state index contributed by atoms with van der Waals surface area (Å²) in [6.07, 6.45) is 1.68. The van der Waals surface area contributed by atoms with Crippen LogP contribution in [0.25, 0.3) is 0 Å². The van der Waals surface area contributed by atoms with E-state index in [9.17, 15) is 8.42 Å². The van der Waals surface area contributed by atoms with Crippen LogP contribution in [0.5, 0.6) is 0 Å². The van der Waals surface area contributed by atoms with E-state index in [1.807, 2.05) is 0 Å². The minimum Gasteiger partial charge on any atom is -0.385 e. The van der Waals surface area contributed by atoms with E-state index >= 15 is 0 Å². The molecule has 74 valence electrons. The maximum absolute atomic E-state index is 10.8. The van der Waals surface area contributed by atoms with Crippen molar-refractivity contribution in [2.75, 3.05) is 24.9 Å². The highest BCUT2D eigenvalue weighted by Crippen LogP contribution is 1.92. The number of rotatable bonds is 7. The van der Waals surface area contributed by atoms with Crippen molar-refractivity contribution in [3.05, 3.63) is 0 Å². The molecular formula is C6H14BrNO3S. The SMILES string of the molecule is COCCCCNS(=O)(=O)CBr. The molecule has 0 heterocycles. The van der Waals surface area contributed by atoms with Gasteiger partial charge in [0.1, 0.15) is 4.66 Å². The third-order valence-corrected chi connectivity index (χ3v) is 3.98. The molecule has 0 aliphatic heterocycles. The average Bonchev–Trinajstić information content (AvgIpc) is 2.04. The lowest BCUT2D eigenvalue weighted by Crippen LogP contribution is -2.25. The Morgan fingerprint density at radius 3 is 2.58 bits per heavy atom. The van der Waals surface area contributed by atoms with Crippen LogP contribution in [0.15, 0.2) is 0 Å². The molecule has 0 radical (unpaired) electrons. The largest absolute Gasteiger partial charge is 0.385 e. The predicted octanol–water partition coefficient (Wildman–Crippen LogP) is 0.685. The first-order valence-corrected chi connectivity index (χ1v) is 6.42. The van der Waals surface area contributed by atoms with E-state index in [4.69, 9.17) is 4.74 Å². The molecule has 1 N–H and O–H groups in total. The van der Waals surface area contributed by atoms with Crippen LogP contribution >= 0.6 is 15.9 Å². The Labute approximate surface area is 81.9 Å². The standard InChI is InChI=1S/C6H14BrNO3S/c1-11-5-3-2-4-8-12(9,10)6-7/h8H,2-6H2,1H3. The van der Waals surface area contributed by atoms with E-state index in [2.05, 4.69) is 20.7 Å². The van der Waals surface area contributed by atoms with Gasteiger partial charge in [-0.05, 0) is 12.8 Å². The number of methoxy groups -OCH3 is 1. The molecule has 0 atom stereocenters. The Hall–Kier alpha value is 0.350. The Morgan fingerprint density at radius 2 is 2.08 bits per heavy atom. The van der Waals surface area contributed by atoms with E-state index in [-0.39, 0.29) is 4.66 Å². The number of unbranched alkanes of at least 4 members (excludes halogenated alkanes) is 1. The molecule has 0 unspecified atom stereocenters. The zero-order chi connectivity index (χ0) is 9.45. The highest BCUT2D eigenvalue weighted by atomic mass is 79.9. The fourth-order valence-electron chi connectivity index (χ4n) is 0.638. The van der Waals surface area contributed by atoms with Crippen LogP contribution in [0.3, 0.4) is 0 Å². The van der Waals surface area contributed by atoms with Crippen LogP contribution in [0, 0.1) is 0 Å². The Kier molecular flexibility index (Phi) is 7.02. The van der Waals surface area contributed by atoms with Gasteiger partial charge in [-0.15, -0.1) is 0 Å². The van der Waals surface area contributed by atoms with E-state index < -0.39 is 10.0 Å². The second-order valence-electron chi connectivity index (χ2n) is 2.32. The molecule has 0 aromatic rings. The van der Waals surface area contributed by atoms with Gasteiger partial charge in [-0.1, -0.05) is 15.9 Å². The van der Waals surface area contributed by atoms with Gasteiger partial charge in [-0.2, -0.15) is 0 Å². The van der Waals surface area contributed by atoms with Crippen molar-refractivity contribution in [1.82, 2.24) is 4.72 Å². The molecule has 0 amide bonds.